The molecule has 2 aromatic rings. The van der Waals surface area contributed by atoms with Crippen LogP contribution in [-0.4, -0.2) is 17.6 Å². The molecule has 1 aliphatic heterocycles. The molecule has 0 aromatic heterocycles. The fourth-order valence-electron chi connectivity index (χ4n) is 2.57. The lowest BCUT2D eigenvalue weighted by Crippen LogP contribution is -2.29. The van der Waals surface area contributed by atoms with Gasteiger partial charge in [-0.1, -0.05) is 42.5 Å². The molecule has 3 rings (SSSR count). The summed E-state index contributed by atoms with van der Waals surface area (Å²) >= 11 is 1.69. The molecule has 1 heterocycles. The largest absolute Gasteiger partial charge is 0.478 e. The molecular weight excluding hydrogens is 292 g/mol. The number of Topliss-reactive ketones (excluding diaryl/α,β-unsaturated/α-hetero) is 1. The summed E-state index contributed by atoms with van der Waals surface area (Å²) in [5, 5.41) is 0. The van der Waals surface area contributed by atoms with E-state index in [9.17, 15) is 4.79 Å². The molecule has 22 heavy (non-hydrogen) atoms. The summed E-state index contributed by atoms with van der Waals surface area (Å²) in [6.07, 6.45) is 2.04. The highest BCUT2D eigenvalue weighted by molar-refractivity contribution is 7.98. The lowest BCUT2D eigenvalue weighted by molar-refractivity contribution is -0.125. The number of benzene rings is 2. The molecule has 0 radical (unpaired) electrons. The van der Waals surface area contributed by atoms with Gasteiger partial charge < -0.3 is 4.74 Å². The molecule has 0 spiro atoms. The van der Waals surface area contributed by atoms with Gasteiger partial charge in [0, 0.05) is 10.5 Å². The summed E-state index contributed by atoms with van der Waals surface area (Å²) in [7, 11) is 0. The van der Waals surface area contributed by atoms with E-state index in [2.05, 4.69) is 12.1 Å². The zero-order valence-corrected chi connectivity index (χ0v) is 13.7. The lowest BCUT2D eigenvalue weighted by atomic mass is 9.93. The van der Waals surface area contributed by atoms with Crippen molar-refractivity contribution >= 4 is 28.9 Å². The Bertz CT molecular complexity index is 728. The van der Waals surface area contributed by atoms with Crippen LogP contribution in [0.4, 0.5) is 0 Å². The molecule has 2 nitrogen and oxygen atoms in total. The van der Waals surface area contributed by atoms with Crippen LogP contribution in [0.15, 0.2) is 59.5 Å². The van der Waals surface area contributed by atoms with E-state index in [1.54, 1.807) is 11.8 Å². The van der Waals surface area contributed by atoms with Crippen LogP contribution in [0.3, 0.4) is 0 Å². The van der Waals surface area contributed by atoms with Crippen LogP contribution in [0.5, 0.6) is 0 Å². The molecule has 112 valence electrons. The van der Waals surface area contributed by atoms with Crippen LogP contribution >= 0.6 is 11.8 Å². The van der Waals surface area contributed by atoms with E-state index in [-0.39, 0.29) is 5.78 Å². The van der Waals surface area contributed by atoms with Crippen LogP contribution in [0, 0.1) is 0 Å². The Morgan fingerprint density at radius 3 is 2.14 bits per heavy atom. The first-order chi connectivity index (χ1) is 10.5. The van der Waals surface area contributed by atoms with Gasteiger partial charge in [-0.15, -0.1) is 11.8 Å². The number of rotatable bonds is 3. The predicted octanol–water partition coefficient (Wildman–Crippen LogP) is 4.65. The van der Waals surface area contributed by atoms with Crippen molar-refractivity contribution in [2.45, 2.75) is 24.3 Å². The van der Waals surface area contributed by atoms with Crippen LogP contribution in [0.25, 0.3) is 11.3 Å². The summed E-state index contributed by atoms with van der Waals surface area (Å²) < 4.78 is 6.01. The van der Waals surface area contributed by atoms with E-state index < -0.39 is 5.60 Å². The van der Waals surface area contributed by atoms with E-state index in [1.807, 2.05) is 62.6 Å². The smallest absolute Gasteiger partial charge is 0.210 e. The van der Waals surface area contributed by atoms with Gasteiger partial charge in [0.15, 0.2) is 5.60 Å². The van der Waals surface area contributed by atoms with Crippen molar-refractivity contribution in [1.82, 2.24) is 0 Å². The molecule has 0 saturated carbocycles. The maximum absolute atomic E-state index is 12.7. The summed E-state index contributed by atoms with van der Waals surface area (Å²) in [4.78, 5) is 13.9. The zero-order chi connectivity index (χ0) is 15.7. The normalized spacial score (nSPS) is 16.8. The second kappa shape index (κ2) is 5.65. The number of carbonyl (C=O) groups is 1. The Balaban J connectivity index is 2.14. The number of hydrogen-bond acceptors (Lipinski definition) is 3. The highest BCUT2D eigenvalue weighted by atomic mass is 32.2. The topological polar surface area (TPSA) is 26.3 Å². The minimum absolute atomic E-state index is 0.0302. The van der Waals surface area contributed by atoms with Gasteiger partial charge in [0.1, 0.15) is 5.76 Å². The van der Waals surface area contributed by atoms with Crippen molar-refractivity contribution in [3.8, 4) is 0 Å². The average molecular weight is 310 g/mol. The van der Waals surface area contributed by atoms with Crippen LogP contribution < -0.4 is 0 Å². The molecule has 0 atom stereocenters. The van der Waals surface area contributed by atoms with Crippen molar-refractivity contribution < 1.29 is 9.53 Å². The Hall–Kier alpha value is -2.00. The number of ether oxygens (including phenoxy) is 1. The Kier molecular flexibility index (Phi) is 3.83. The molecule has 0 aliphatic carbocycles. The molecule has 0 unspecified atom stereocenters. The summed E-state index contributed by atoms with van der Waals surface area (Å²) in [5.41, 5.74) is 1.69. The predicted molar refractivity (Wildman–Crippen MR) is 91.7 cm³/mol. The minimum Gasteiger partial charge on any atom is -0.478 e. The maximum atomic E-state index is 12.7. The van der Waals surface area contributed by atoms with Crippen molar-refractivity contribution in [3.05, 3.63) is 65.7 Å². The highest BCUT2D eigenvalue weighted by Gasteiger charge is 2.42. The van der Waals surface area contributed by atoms with Gasteiger partial charge in [-0.2, -0.15) is 0 Å². The third-order valence-corrected chi connectivity index (χ3v) is 4.52. The molecule has 0 saturated heterocycles. The molecule has 2 aromatic carbocycles. The first-order valence-corrected chi connectivity index (χ1v) is 8.43. The van der Waals surface area contributed by atoms with Gasteiger partial charge in [-0.25, -0.2) is 0 Å². The average Bonchev–Trinajstić information content (AvgIpc) is 2.79. The van der Waals surface area contributed by atoms with Gasteiger partial charge in [-0.3, -0.25) is 4.79 Å². The molecule has 0 bridgehead atoms. The van der Waals surface area contributed by atoms with Gasteiger partial charge >= 0.3 is 0 Å². The molecule has 0 N–H and O–H groups in total. The fourth-order valence-corrected chi connectivity index (χ4v) is 2.98. The van der Waals surface area contributed by atoms with E-state index >= 15 is 0 Å². The van der Waals surface area contributed by atoms with Gasteiger partial charge in [0.25, 0.3) is 0 Å². The Morgan fingerprint density at radius 1 is 0.909 bits per heavy atom. The minimum atomic E-state index is -0.821. The van der Waals surface area contributed by atoms with Gasteiger partial charge in [0.05, 0.1) is 5.57 Å². The van der Waals surface area contributed by atoms with Crippen LogP contribution in [-0.2, 0) is 9.53 Å². The summed E-state index contributed by atoms with van der Waals surface area (Å²) in [6, 6.07) is 17.9. The first kappa shape index (κ1) is 14.9. The number of hydrogen-bond donors (Lipinski definition) is 0. The second-order valence-electron chi connectivity index (χ2n) is 5.74. The molecule has 3 heteroatoms. The summed E-state index contributed by atoms with van der Waals surface area (Å²) in [6.45, 7) is 3.64. The maximum Gasteiger partial charge on any atom is 0.210 e. The fraction of sp³-hybridized carbons (Fsp3) is 0.211. The van der Waals surface area contributed by atoms with E-state index in [0.29, 0.717) is 11.3 Å². The third kappa shape index (κ3) is 2.57. The monoisotopic (exact) mass is 310 g/mol. The highest BCUT2D eigenvalue weighted by Crippen LogP contribution is 2.41. The summed E-state index contributed by atoms with van der Waals surface area (Å²) in [5.74, 6) is 0.705. The molecule has 0 fully saturated rings. The van der Waals surface area contributed by atoms with E-state index in [0.717, 1.165) is 11.1 Å². The quantitative estimate of drug-likeness (QED) is 0.772. The number of ketones is 1. The van der Waals surface area contributed by atoms with Crippen molar-refractivity contribution in [2.24, 2.45) is 0 Å². The first-order valence-electron chi connectivity index (χ1n) is 7.21. The SMILES string of the molecule is CSc1ccc(C2=C(c3ccccc3)C(=O)C(C)(C)O2)cc1. The van der Waals surface area contributed by atoms with Gasteiger partial charge in [-0.05, 0) is 37.8 Å². The van der Waals surface area contributed by atoms with E-state index in [1.165, 1.54) is 4.90 Å². The number of carbonyl (C=O) groups excluding carboxylic acids is 1. The van der Waals surface area contributed by atoms with Crippen molar-refractivity contribution in [1.29, 1.82) is 0 Å². The van der Waals surface area contributed by atoms with Crippen molar-refractivity contribution in [3.63, 3.8) is 0 Å². The Labute approximate surface area is 135 Å². The second-order valence-corrected chi connectivity index (χ2v) is 6.62. The molecule has 0 amide bonds. The van der Waals surface area contributed by atoms with Crippen LogP contribution in [0.1, 0.15) is 25.0 Å². The third-order valence-electron chi connectivity index (χ3n) is 3.77. The van der Waals surface area contributed by atoms with E-state index in [4.69, 9.17) is 4.74 Å². The lowest BCUT2D eigenvalue weighted by Gasteiger charge is -2.17. The molecular formula is C19H18O2S. The number of thioether (sulfide) groups is 1. The van der Waals surface area contributed by atoms with Crippen molar-refractivity contribution in [2.75, 3.05) is 6.26 Å². The molecule has 1 aliphatic rings. The zero-order valence-electron chi connectivity index (χ0n) is 12.9. The Morgan fingerprint density at radius 2 is 1.55 bits per heavy atom. The van der Waals surface area contributed by atoms with Gasteiger partial charge in [0.2, 0.25) is 5.78 Å². The van der Waals surface area contributed by atoms with Crippen LogP contribution in [0.2, 0.25) is 0 Å². The standard InChI is InChI=1S/C19H18O2S/c1-19(2)18(20)16(13-7-5-4-6-8-13)17(21-19)14-9-11-15(22-3)12-10-14/h4-12H,1-3H3.